The molecule has 0 radical (unpaired) electrons. The molecule has 0 aromatic heterocycles. The van der Waals surface area contributed by atoms with Gasteiger partial charge in [-0.15, -0.1) is 0 Å². The minimum atomic E-state index is 0.168. The summed E-state index contributed by atoms with van der Waals surface area (Å²) in [4.78, 5) is 11.2. The van der Waals surface area contributed by atoms with Crippen molar-refractivity contribution < 1.29 is 4.79 Å². The monoisotopic (exact) mass is 159 g/mol. The number of carbonyl (C=O) groups excluding carboxylic acids is 1. The predicted molar refractivity (Wildman–Crippen MR) is 44.8 cm³/mol. The summed E-state index contributed by atoms with van der Waals surface area (Å²) in [5, 5.41) is 2.91. The SMILES string of the molecule is O=C1NC2Cc3ccccc3C12. The lowest BCUT2D eigenvalue weighted by atomic mass is 9.90. The van der Waals surface area contributed by atoms with Gasteiger partial charge in [-0.1, -0.05) is 24.3 Å². The van der Waals surface area contributed by atoms with Crippen LogP contribution in [0.15, 0.2) is 24.3 Å². The second-order valence-electron chi connectivity index (χ2n) is 3.50. The maximum atomic E-state index is 11.2. The van der Waals surface area contributed by atoms with Gasteiger partial charge in [-0.25, -0.2) is 0 Å². The smallest absolute Gasteiger partial charge is 0.229 e. The van der Waals surface area contributed by atoms with E-state index < -0.39 is 0 Å². The summed E-state index contributed by atoms with van der Waals surface area (Å²) in [5.41, 5.74) is 2.58. The highest BCUT2D eigenvalue weighted by molar-refractivity contribution is 5.92. The molecular weight excluding hydrogens is 150 g/mol. The fourth-order valence-electron chi connectivity index (χ4n) is 2.23. The van der Waals surface area contributed by atoms with Gasteiger partial charge in [0.15, 0.2) is 0 Å². The standard InChI is InChI=1S/C10H9NO/c12-10-9-7-4-2-1-3-6(7)5-8(9)11-10/h1-4,8-9H,5H2,(H,11,12). The summed E-state index contributed by atoms with van der Waals surface area (Å²) in [6.45, 7) is 0. The molecule has 0 saturated carbocycles. The highest BCUT2D eigenvalue weighted by Gasteiger charge is 2.45. The van der Waals surface area contributed by atoms with Gasteiger partial charge >= 0.3 is 0 Å². The fourth-order valence-corrected chi connectivity index (χ4v) is 2.23. The highest BCUT2D eigenvalue weighted by atomic mass is 16.2. The minimum absolute atomic E-state index is 0.168. The molecule has 1 heterocycles. The Kier molecular flexibility index (Phi) is 0.980. The fraction of sp³-hybridized carbons (Fsp3) is 0.300. The molecule has 0 bridgehead atoms. The number of hydrogen-bond acceptors (Lipinski definition) is 1. The van der Waals surface area contributed by atoms with Crippen molar-refractivity contribution in [2.75, 3.05) is 0 Å². The second kappa shape index (κ2) is 1.89. The first-order chi connectivity index (χ1) is 5.86. The molecule has 2 aliphatic rings. The summed E-state index contributed by atoms with van der Waals surface area (Å²) in [7, 11) is 0. The molecular formula is C10H9NO. The van der Waals surface area contributed by atoms with E-state index in [9.17, 15) is 4.79 Å². The van der Waals surface area contributed by atoms with Crippen LogP contribution in [0.5, 0.6) is 0 Å². The number of β-lactam (4-membered cyclic amide) rings is 1. The van der Waals surface area contributed by atoms with Gasteiger partial charge in [0.1, 0.15) is 0 Å². The number of carbonyl (C=O) groups is 1. The van der Waals surface area contributed by atoms with Crippen LogP contribution < -0.4 is 5.32 Å². The zero-order valence-electron chi connectivity index (χ0n) is 6.58. The van der Waals surface area contributed by atoms with Crippen LogP contribution in [0.25, 0.3) is 0 Å². The van der Waals surface area contributed by atoms with E-state index in [2.05, 4.69) is 17.4 Å². The maximum Gasteiger partial charge on any atom is 0.229 e. The van der Waals surface area contributed by atoms with Crippen LogP contribution in [0.4, 0.5) is 0 Å². The third-order valence-corrected chi connectivity index (χ3v) is 2.84. The molecule has 2 atom stereocenters. The van der Waals surface area contributed by atoms with Gasteiger partial charge in [-0.05, 0) is 17.5 Å². The molecule has 60 valence electrons. The van der Waals surface area contributed by atoms with Crippen LogP contribution in [-0.2, 0) is 11.2 Å². The van der Waals surface area contributed by atoms with E-state index in [0.29, 0.717) is 6.04 Å². The first-order valence-corrected chi connectivity index (χ1v) is 4.24. The molecule has 0 spiro atoms. The summed E-state index contributed by atoms with van der Waals surface area (Å²) < 4.78 is 0. The van der Waals surface area contributed by atoms with Gasteiger partial charge < -0.3 is 5.32 Å². The first-order valence-electron chi connectivity index (χ1n) is 4.24. The number of rotatable bonds is 0. The van der Waals surface area contributed by atoms with E-state index in [1.54, 1.807) is 0 Å². The zero-order chi connectivity index (χ0) is 8.13. The Balaban J connectivity index is 2.14. The van der Waals surface area contributed by atoms with E-state index in [1.165, 1.54) is 11.1 Å². The molecule has 1 aliphatic carbocycles. The molecule has 1 aromatic rings. The van der Waals surface area contributed by atoms with Crippen molar-refractivity contribution >= 4 is 5.91 Å². The van der Waals surface area contributed by atoms with Crippen LogP contribution in [0.1, 0.15) is 17.0 Å². The lowest BCUT2D eigenvalue weighted by molar-refractivity contribution is -0.130. The number of amides is 1. The topological polar surface area (TPSA) is 29.1 Å². The molecule has 1 aliphatic heterocycles. The lowest BCUT2D eigenvalue weighted by Crippen LogP contribution is -2.54. The third kappa shape index (κ3) is 0.583. The van der Waals surface area contributed by atoms with E-state index in [-0.39, 0.29) is 11.8 Å². The Bertz CT molecular complexity index is 359. The molecule has 12 heavy (non-hydrogen) atoms. The van der Waals surface area contributed by atoms with Crippen LogP contribution in [-0.4, -0.2) is 11.9 Å². The van der Waals surface area contributed by atoms with Crippen molar-refractivity contribution in [2.24, 2.45) is 0 Å². The zero-order valence-corrected chi connectivity index (χ0v) is 6.58. The second-order valence-corrected chi connectivity index (χ2v) is 3.50. The van der Waals surface area contributed by atoms with E-state index in [4.69, 9.17) is 0 Å². The maximum absolute atomic E-state index is 11.2. The molecule has 1 amide bonds. The molecule has 1 N–H and O–H groups in total. The molecule has 1 fully saturated rings. The van der Waals surface area contributed by atoms with Gasteiger partial charge in [0.05, 0.1) is 5.92 Å². The van der Waals surface area contributed by atoms with E-state index in [1.807, 2.05) is 12.1 Å². The van der Waals surface area contributed by atoms with Crippen LogP contribution in [0.2, 0.25) is 0 Å². The molecule has 1 aromatic carbocycles. The Hall–Kier alpha value is -1.31. The van der Waals surface area contributed by atoms with Crippen molar-refractivity contribution in [2.45, 2.75) is 18.4 Å². The van der Waals surface area contributed by atoms with Gasteiger partial charge in [-0.2, -0.15) is 0 Å². The van der Waals surface area contributed by atoms with Crippen LogP contribution in [0, 0.1) is 0 Å². The van der Waals surface area contributed by atoms with Crippen molar-refractivity contribution in [1.29, 1.82) is 0 Å². The Morgan fingerprint density at radius 2 is 2.17 bits per heavy atom. The van der Waals surface area contributed by atoms with Crippen molar-refractivity contribution in [3.05, 3.63) is 35.4 Å². The van der Waals surface area contributed by atoms with Crippen LogP contribution in [0.3, 0.4) is 0 Å². The highest BCUT2D eigenvalue weighted by Crippen LogP contribution is 2.38. The van der Waals surface area contributed by atoms with E-state index in [0.717, 1.165) is 6.42 Å². The van der Waals surface area contributed by atoms with Gasteiger partial charge in [0.2, 0.25) is 5.91 Å². The lowest BCUT2D eigenvalue weighted by Gasteiger charge is -2.31. The van der Waals surface area contributed by atoms with Crippen molar-refractivity contribution in [3.63, 3.8) is 0 Å². The molecule has 2 nitrogen and oxygen atoms in total. The summed E-state index contributed by atoms with van der Waals surface area (Å²) in [6.07, 6.45) is 1.02. The van der Waals surface area contributed by atoms with Gasteiger partial charge in [-0.3, -0.25) is 4.79 Å². The Morgan fingerprint density at radius 3 is 3.00 bits per heavy atom. The molecule has 3 rings (SSSR count). The number of benzene rings is 1. The van der Waals surface area contributed by atoms with E-state index >= 15 is 0 Å². The molecule has 2 heteroatoms. The largest absolute Gasteiger partial charge is 0.351 e. The average molecular weight is 159 g/mol. The summed E-state index contributed by atoms with van der Waals surface area (Å²) in [6, 6.07) is 8.62. The third-order valence-electron chi connectivity index (χ3n) is 2.84. The van der Waals surface area contributed by atoms with Crippen LogP contribution >= 0.6 is 0 Å². The minimum Gasteiger partial charge on any atom is -0.351 e. The predicted octanol–water partition coefficient (Wildman–Crippen LogP) is 0.825. The van der Waals surface area contributed by atoms with Gasteiger partial charge in [0.25, 0.3) is 0 Å². The van der Waals surface area contributed by atoms with Crippen molar-refractivity contribution in [3.8, 4) is 0 Å². The Labute approximate surface area is 70.6 Å². The summed E-state index contributed by atoms with van der Waals surface area (Å²) >= 11 is 0. The van der Waals surface area contributed by atoms with Gasteiger partial charge in [0, 0.05) is 6.04 Å². The summed E-state index contributed by atoms with van der Waals surface area (Å²) in [5.74, 6) is 0.367. The number of fused-ring (bicyclic) bond motifs is 3. The Morgan fingerprint density at radius 1 is 1.33 bits per heavy atom. The quantitative estimate of drug-likeness (QED) is 0.558. The first kappa shape index (κ1) is 6.23. The van der Waals surface area contributed by atoms with Crippen molar-refractivity contribution in [1.82, 2.24) is 5.32 Å². The molecule has 2 unspecified atom stereocenters. The number of hydrogen-bond donors (Lipinski definition) is 1. The average Bonchev–Trinajstić information content (AvgIpc) is 2.35. The molecule has 1 saturated heterocycles. The normalized spacial score (nSPS) is 30.2. The number of nitrogens with one attached hydrogen (secondary N) is 1.